The van der Waals surface area contributed by atoms with E-state index in [1.807, 2.05) is 38.1 Å². The molecule has 0 spiro atoms. The van der Waals surface area contributed by atoms with Gasteiger partial charge in [-0.05, 0) is 23.6 Å². The number of nitrogens with zero attached hydrogens (tertiary/aromatic N) is 2. The van der Waals surface area contributed by atoms with Crippen LogP contribution in [0.1, 0.15) is 41.7 Å². The Balaban J connectivity index is 1.85. The van der Waals surface area contributed by atoms with E-state index in [9.17, 15) is 13.6 Å². The molecule has 3 N–H and O–H groups in total. The molecule has 2 aromatic carbocycles. The van der Waals surface area contributed by atoms with Gasteiger partial charge in [0.25, 0.3) is 5.91 Å². The zero-order valence-corrected chi connectivity index (χ0v) is 15.4. The summed E-state index contributed by atoms with van der Waals surface area (Å²) in [5.74, 6) is -2.43. The van der Waals surface area contributed by atoms with Crippen LogP contribution in [0.15, 0.2) is 47.0 Å². The van der Waals surface area contributed by atoms with Gasteiger partial charge in [0.1, 0.15) is 23.2 Å². The van der Waals surface area contributed by atoms with Crippen LogP contribution in [0.5, 0.6) is 0 Å². The van der Waals surface area contributed by atoms with E-state index in [1.54, 1.807) is 0 Å². The molecule has 0 saturated heterocycles. The minimum absolute atomic E-state index is 0.151. The molecule has 8 heteroatoms. The molecule has 0 aliphatic heterocycles. The minimum atomic E-state index is -0.939. The van der Waals surface area contributed by atoms with Crippen LogP contribution in [0.4, 0.5) is 8.78 Å². The number of halogens is 2. The summed E-state index contributed by atoms with van der Waals surface area (Å²) in [5.41, 5.74) is 6.63. The second-order valence-electron chi connectivity index (χ2n) is 6.65. The predicted molar refractivity (Wildman–Crippen MR) is 99.0 cm³/mol. The Morgan fingerprint density at radius 3 is 2.36 bits per heavy atom. The van der Waals surface area contributed by atoms with Crippen molar-refractivity contribution >= 4 is 5.91 Å². The number of nitrogens with one attached hydrogen (secondary N) is 1. The molecule has 1 aromatic heterocycles. The molecule has 1 amide bonds. The monoisotopic (exact) mass is 386 g/mol. The predicted octanol–water partition coefficient (Wildman–Crippen LogP) is 3.60. The Labute approximate surface area is 160 Å². The summed E-state index contributed by atoms with van der Waals surface area (Å²) in [4.78, 5) is 16.8. The van der Waals surface area contributed by atoms with Gasteiger partial charge >= 0.3 is 0 Å². The Morgan fingerprint density at radius 2 is 1.79 bits per heavy atom. The molecular formula is C20H20F2N4O2. The van der Waals surface area contributed by atoms with Gasteiger partial charge in [0.15, 0.2) is 0 Å². The van der Waals surface area contributed by atoms with Gasteiger partial charge in [-0.3, -0.25) is 4.79 Å². The van der Waals surface area contributed by atoms with Crippen LogP contribution in [0.25, 0.3) is 11.4 Å². The maximum absolute atomic E-state index is 13.9. The fraction of sp³-hybridized carbons (Fsp3) is 0.250. The van der Waals surface area contributed by atoms with Gasteiger partial charge in [-0.1, -0.05) is 49.3 Å². The van der Waals surface area contributed by atoms with E-state index in [0.29, 0.717) is 12.4 Å². The van der Waals surface area contributed by atoms with Crippen LogP contribution in [-0.4, -0.2) is 16.0 Å². The van der Waals surface area contributed by atoms with Crippen molar-refractivity contribution in [2.75, 3.05) is 0 Å². The Morgan fingerprint density at radius 1 is 1.14 bits per heavy atom. The van der Waals surface area contributed by atoms with E-state index >= 15 is 0 Å². The summed E-state index contributed by atoms with van der Waals surface area (Å²) in [6, 6.07) is 9.87. The number of aromatic nitrogens is 2. The molecule has 0 unspecified atom stereocenters. The highest BCUT2D eigenvalue weighted by atomic mass is 19.1. The lowest BCUT2D eigenvalue weighted by atomic mass is 10.0. The van der Waals surface area contributed by atoms with Gasteiger partial charge in [0.2, 0.25) is 11.7 Å². The van der Waals surface area contributed by atoms with Gasteiger partial charge < -0.3 is 15.6 Å². The van der Waals surface area contributed by atoms with Gasteiger partial charge in [-0.2, -0.15) is 4.98 Å². The van der Waals surface area contributed by atoms with Gasteiger partial charge in [0, 0.05) is 12.1 Å². The van der Waals surface area contributed by atoms with Gasteiger partial charge in [-0.25, -0.2) is 8.78 Å². The second-order valence-corrected chi connectivity index (χ2v) is 6.65. The molecule has 0 saturated carbocycles. The van der Waals surface area contributed by atoms with Crippen LogP contribution >= 0.6 is 0 Å². The molecule has 146 valence electrons. The first-order valence-corrected chi connectivity index (χ1v) is 8.78. The van der Waals surface area contributed by atoms with Crippen molar-refractivity contribution in [3.8, 4) is 11.4 Å². The first-order valence-electron chi connectivity index (χ1n) is 8.78. The number of rotatable bonds is 6. The number of benzene rings is 2. The summed E-state index contributed by atoms with van der Waals surface area (Å²) in [7, 11) is 0. The molecule has 0 aliphatic carbocycles. The average molecular weight is 386 g/mol. The average Bonchev–Trinajstić information content (AvgIpc) is 3.15. The summed E-state index contributed by atoms with van der Waals surface area (Å²) >= 11 is 0. The molecule has 0 bridgehead atoms. The zero-order valence-electron chi connectivity index (χ0n) is 15.4. The highest BCUT2D eigenvalue weighted by molar-refractivity contribution is 5.95. The number of hydrogen-bond acceptors (Lipinski definition) is 5. The van der Waals surface area contributed by atoms with Crippen molar-refractivity contribution in [1.29, 1.82) is 0 Å². The summed E-state index contributed by atoms with van der Waals surface area (Å²) in [6.45, 7) is 4.07. The van der Waals surface area contributed by atoms with Crippen molar-refractivity contribution in [3.63, 3.8) is 0 Å². The standard InChI is InChI=1S/C20H20F2N4O2/c1-11(2)17(24-19(27)16-14(21)4-3-5-15(16)22)20-25-18(26-28-20)13-8-6-12(10-23)7-9-13/h3-9,11,17H,10,23H2,1-2H3,(H,24,27)/t17-/m0/s1. The second kappa shape index (κ2) is 8.26. The summed E-state index contributed by atoms with van der Waals surface area (Å²) < 4.78 is 33.1. The van der Waals surface area contributed by atoms with Crippen molar-refractivity contribution in [3.05, 3.63) is 71.1 Å². The summed E-state index contributed by atoms with van der Waals surface area (Å²) in [5, 5.41) is 6.53. The molecule has 3 aromatic rings. The van der Waals surface area contributed by atoms with Crippen molar-refractivity contribution in [2.45, 2.75) is 26.4 Å². The van der Waals surface area contributed by atoms with Gasteiger partial charge in [0.05, 0.1) is 0 Å². The van der Waals surface area contributed by atoms with Crippen molar-refractivity contribution < 1.29 is 18.1 Å². The highest BCUT2D eigenvalue weighted by Crippen LogP contribution is 2.25. The largest absolute Gasteiger partial charge is 0.340 e. The topological polar surface area (TPSA) is 94.0 Å². The maximum Gasteiger partial charge on any atom is 0.257 e. The van der Waals surface area contributed by atoms with Crippen LogP contribution < -0.4 is 11.1 Å². The van der Waals surface area contributed by atoms with Crippen molar-refractivity contribution in [2.24, 2.45) is 11.7 Å². The zero-order chi connectivity index (χ0) is 20.3. The number of amides is 1. The van der Waals surface area contributed by atoms with Crippen LogP contribution in [0, 0.1) is 17.6 Å². The fourth-order valence-corrected chi connectivity index (χ4v) is 2.71. The molecule has 0 radical (unpaired) electrons. The molecule has 6 nitrogen and oxygen atoms in total. The maximum atomic E-state index is 13.9. The Kier molecular flexibility index (Phi) is 5.79. The molecule has 1 atom stereocenters. The number of carbonyl (C=O) groups is 1. The molecular weight excluding hydrogens is 366 g/mol. The van der Waals surface area contributed by atoms with E-state index in [4.69, 9.17) is 10.3 Å². The van der Waals surface area contributed by atoms with Crippen LogP contribution in [-0.2, 0) is 6.54 Å². The number of carbonyl (C=O) groups excluding carboxylic acids is 1. The Hall–Kier alpha value is -3.13. The highest BCUT2D eigenvalue weighted by Gasteiger charge is 2.27. The normalized spacial score (nSPS) is 12.2. The molecule has 3 rings (SSSR count). The SMILES string of the molecule is CC(C)[C@H](NC(=O)c1c(F)cccc1F)c1nc(-c2ccc(CN)cc2)no1. The minimum Gasteiger partial charge on any atom is -0.340 e. The van der Waals surface area contributed by atoms with E-state index in [2.05, 4.69) is 15.5 Å². The van der Waals surface area contributed by atoms with E-state index in [1.165, 1.54) is 6.07 Å². The number of nitrogens with two attached hydrogens (primary N) is 1. The lowest BCUT2D eigenvalue weighted by Gasteiger charge is -2.18. The molecule has 28 heavy (non-hydrogen) atoms. The lowest BCUT2D eigenvalue weighted by molar-refractivity contribution is 0.0905. The Bertz CT molecular complexity index is 950. The molecule has 1 heterocycles. The first-order chi connectivity index (χ1) is 13.4. The van der Waals surface area contributed by atoms with Gasteiger partial charge in [-0.15, -0.1) is 0 Å². The van der Waals surface area contributed by atoms with Crippen molar-refractivity contribution in [1.82, 2.24) is 15.5 Å². The summed E-state index contributed by atoms with van der Waals surface area (Å²) in [6.07, 6.45) is 0. The smallest absolute Gasteiger partial charge is 0.257 e. The third kappa shape index (κ3) is 4.07. The first kappa shape index (κ1) is 19.6. The lowest BCUT2D eigenvalue weighted by Crippen LogP contribution is -2.33. The van der Waals surface area contributed by atoms with E-state index < -0.39 is 29.1 Å². The molecule has 0 fully saturated rings. The molecule has 0 aliphatic rings. The van der Waals surface area contributed by atoms with Crippen LogP contribution in [0.2, 0.25) is 0 Å². The quantitative estimate of drug-likeness (QED) is 0.675. The van der Waals surface area contributed by atoms with E-state index in [0.717, 1.165) is 23.3 Å². The third-order valence-corrected chi connectivity index (χ3v) is 4.30. The van der Waals surface area contributed by atoms with Crippen LogP contribution in [0.3, 0.4) is 0 Å². The third-order valence-electron chi connectivity index (χ3n) is 4.30. The fourth-order valence-electron chi connectivity index (χ4n) is 2.71. The van der Waals surface area contributed by atoms with E-state index in [-0.39, 0.29) is 11.8 Å². The number of hydrogen-bond donors (Lipinski definition) is 2.